The molecule has 2 aliphatic rings. The molecule has 0 aromatic heterocycles. The first kappa shape index (κ1) is 15.8. The zero-order chi connectivity index (χ0) is 16.0. The molecule has 1 atom stereocenters. The van der Waals surface area contributed by atoms with E-state index in [1.54, 1.807) is 6.07 Å². The summed E-state index contributed by atoms with van der Waals surface area (Å²) in [5, 5.41) is 3.25. The van der Waals surface area contributed by atoms with Crippen molar-refractivity contribution in [1.29, 1.82) is 0 Å². The number of nitrogens with one attached hydrogen (secondary N) is 1. The van der Waals surface area contributed by atoms with E-state index in [-0.39, 0.29) is 5.82 Å². The number of benzene rings is 1. The molecular weight excluding hydrogens is 284 g/mol. The second-order valence-corrected chi connectivity index (χ2v) is 7.06. The molecule has 0 amide bonds. The van der Waals surface area contributed by atoms with Crippen LogP contribution in [-0.4, -0.2) is 37.5 Å². The Morgan fingerprint density at radius 2 is 1.86 bits per heavy atom. The van der Waals surface area contributed by atoms with Gasteiger partial charge in [-0.3, -0.25) is 0 Å². The van der Waals surface area contributed by atoms with Gasteiger partial charge in [-0.1, -0.05) is 0 Å². The molecule has 120 valence electrons. The lowest BCUT2D eigenvalue weighted by atomic mass is 9.79. The minimum atomic E-state index is -0.579. The quantitative estimate of drug-likeness (QED) is 0.862. The summed E-state index contributed by atoms with van der Waals surface area (Å²) in [6.45, 7) is 9.48. The molecule has 1 N–H and O–H groups in total. The van der Waals surface area contributed by atoms with Crippen LogP contribution in [0.25, 0.3) is 0 Å². The van der Waals surface area contributed by atoms with Gasteiger partial charge in [-0.2, -0.15) is 0 Å². The Bertz CT molecular complexity index is 544. The minimum Gasteiger partial charge on any atom is -0.492 e. The maximum Gasteiger partial charge on any atom is 0.495 e. The van der Waals surface area contributed by atoms with Crippen LogP contribution in [0.3, 0.4) is 0 Å². The minimum absolute atomic E-state index is 0.344. The first-order valence-corrected chi connectivity index (χ1v) is 7.79. The van der Waals surface area contributed by atoms with Crippen LogP contribution in [-0.2, 0) is 9.31 Å². The van der Waals surface area contributed by atoms with Crippen molar-refractivity contribution in [2.24, 2.45) is 0 Å². The van der Waals surface area contributed by atoms with Gasteiger partial charge in [0.15, 0.2) is 0 Å². The number of halogens is 1. The van der Waals surface area contributed by atoms with Crippen molar-refractivity contribution in [2.45, 2.75) is 51.4 Å². The third-order valence-electron chi connectivity index (χ3n) is 4.80. The highest BCUT2D eigenvalue weighted by Crippen LogP contribution is 2.36. The molecule has 0 saturated carbocycles. The van der Waals surface area contributed by atoms with Gasteiger partial charge in [0.25, 0.3) is 0 Å². The maximum absolute atomic E-state index is 13.9. The zero-order valence-corrected chi connectivity index (χ0v) is 13.6. The molecule has 1 aromatic carbocycles. The molecular formula is C16H23BFNO3. The summed E-state index contributed by atoms with van der Waals surface area (Å²) in [4.78, 5) is 0. The highest BCUT2D eigenvalue weighted by atomic mass is 19.1. The van der Waals surface area contributed by atoms with E-state index in [2.05, 4.69) is 5.32 Å². The van der Waals surface area contributed by atoms with Crippen LogP contribution in [0.4, 0.5) is 4.39 Å². The van der Waals surface area contributed by atoms with Crippen molar-refractivity contribution in [3.8, 4) is 5.75 Å². The fourth-order valence-corrected chi connectivity index (χ4v) is 2.47. The standard InChI is InChI=1S/C16H23BFNO3/c1-15(2)16(3,4)22-17(21-15)11-7-12(18)9-14(8-11)20-10-13-5-6-19-13/h7-9,13,19H,5-6,10H2,1-4H3/t13-/m0/s1. The van der Waals surface area contributed by atoms with Gasteiger partial charge in [-0.25, -0.2) is 4.39 Å². The van der Waals surface area contributed by atoms with Crippen molar-refractivity contribution < 1.29 is 18.4 Å². The van der Waals surface area contributed by atoms with Crippen molar-refractivity contribution in [1.82, 2.24) is 5.32 Å². The highest BCUT2D eigenvalue weighted by Gasteiger charge is 2.51. The topological polar surface area (TPSA) is 39.7 Å². The van der Waals surface area contributed by atoms with Crippen LogP contribution in [0.2, 0.25) is 0 Å². The molecule has 0 radical (unpaired) electrons. The molecule has 2 heterocycles. The largest absolute Gasteiger partial charge is 0.495 e. The van der Waals surface area contributed by atoms with Crippen LogP contribution >= 0.6 is 0 Å². The fourth-order valence-electron chi connectivity index (χ4n) is 2.47. The summed E-state index contributed by atoms with van der Waals surface area (Å²) in [7, 11) is -0.579. The van der Waals surface area contributed by atoms with E-state index in [1.165, 1.54) is 12.1 Å². The average molecular weight is 307 g/mol. The van der Waals surface area contributed by atoms with E-state index in [9.17, 15) is 4.39 Å². The van der Waals surface area contributed by atoms with Crippen LogP contribution < -0.4 is 15.5 Å². The van der Waals surface area contributed by atoms with Gasteiger partial charge in [-0.05, 0) is 58.3 Å². The van der Waals surface area contributed by atoms with Gasteiger partial charge in [-0.15, -0.1) is 0 Å². The van der Waals surface area contributed by atoms with Gasteiger partial charge in [0, 0.05) is 12.1 Å². The Labute approximate surface area is 131 Å². The maximum atomic E-state index is 13.9. The second-order valence-electron chi connectivity index (χ2n) is 7.06. The smallest absolute Gasteiger partial charge is 0.492 e. The highest BCUT2D eigenvalue weighted by molar-refractivity contribution is 6.62. The summed E-state index contributed by atoms with van der Waals surface area (Å²) in [5.74, 6) is 0.169. The number of hydrogen-bond acceptors (Lipinski definition) is 4. The van der Waals surface area contributed by atoms with E-state index in [0.29, 0.717) is 23.9 Å². The molecule has 2 saturated heterocycles. The van der Waals surface area contributed by atoms with E-state index in [4.69, 9.17) is 14.0 Å². The lowest BCUT2D eigenvalue weighted by Gasteiger charge is -2.32. The molecule has 22 heavy (non-hydrogen) atoms. The van der Waals surface area contributed by atoms with Gasteiger partial charge >= 0.3 is 7.12 Å². The molecule has 0 bridgehead atoms. The molecule has 4 nitrogen and oxygen atoms in total. The van der Waals surface area contributed by atoms with Crippen molar-refractivity contribution in [2.75, 3.05) is 13.2 Å². The molecule has 0 aliphatic carbocycles. The Kier molecular flexibility index (Phi) is 3.95. The molecule has 2 aliphatic heterocycles. The Morgan fingerprint density at radius 1 is 1.23 bits per heavy atom. The summed E-state index contributed by atoms with van der Waals surface area (Å²) >= 11 is 0. The Morgan fingerprint density at radius 3 is 2.41 bits per heavy atom. The Balaban J connectivity index is 1.75. The third kappa shape index (κ3) is 3.00. The first-order valence-electron chi connectivity index (χ1n) is 7.79. The lowest BCUT2D eigenvalue weighted by Crippen LogP contribution is -2.46. The summed E-state index contributed by atoms with van der Waals surface area (Å²) in [5.41, 5.74) is -0.239. The first-order chi connectivity index (χ1) is 10.3. The average Bonchev–Trinajstić information content (AvgIpc) is 2.56. The summed E-state index contributed by atoms with van der Waals surface area (Å²) < 4.78 is 31.5. The van der Waals surface area contributed by atoms with Crippen LogP contribution in [0, 0.1) is 5.82 Å². The molecule has 0 unspecified atom stereocenters. The van der Waals surface area contributed by atoms with Crippen molar-refractivity contribution in [3.05, 3.63) is 24.0 Å². The monoisotopic (exact) mass is 307 g/mol. The number of rotatable bonds is 4. The molecule has 3 rings (SSSR count). The second kappa shape index (κ2) is 5.51. The molecule has 2 fully saturated rings. The van der Waals surface area contributed by atoms with Crippen LogP contribution in [0.15, 0.2) is 18.2 Å². The van der Waals surface area contributed by atoms with E-state index in [0.717, 1.165) is 13.0 Å². The molecule has 1 aromatic rings. The van der Waals surface area contributed by atoms with Gasteiger partial charge in [0.05, 0.1) is 11.2 Å². The van der Waals surface area contributed by atoms with E-state index in [1.807, 2.05) is 27.7 Å². The Hall–Kier alpha value is -1.11. The normalized spacial score (nSPS) is 25.9. The zero-order valence-electron chi connectivity index (χ0n) is 13.6. The number of hydrogen-bond donors (Lipinski definition) is 1. The number of ether oxygens (including phenoxy) is 1. The fraction of sp³-hybridized carbons (Fsp3) is 0.625. The van der Waals surface area contributed by atoms with Crippen LogP contribution in [0.5, 0.6) is 5.75 Å². The third-order valence-corrected chi connectivity index (χ3v) is 4.80. The van der Waals surface area contributed by atoms with E-state index < -0.39 is 18.3 Å². The molecule has 6 heteroatoms. The van der Waals surface area contributed by atoms with E-state index >= 15 is 0 Å². The predicted octanol–water partition coefficient (Wildman–Crippen LogP) is 1.87. The van der Waals surface area contributed by atoms with Crippen molar-refractivity contribution in [3.63, 3.8) is 0 Å². The lowest BCUT2D eigenvalue weighted by molar-refractivity contribution is 0.00578. The van der Waals surface area contributed by atoms with Gasteiger partial charge in [0.1, 0.15) is 18.2 Å². The summed E-state index contributed by atoms with van der Waals surface area (Å²) in [6, 6.07) is 5.00. The van der Waals surface area contributed by atoms with Gasteiger partial charge < -0.3 is 19.4 Å². The van der Waals surface area contributed by atoms with Crippen molar-refractivity contribution >= 4 is 12.6 Å². The summed E-state index contributed by atoms with van der Waals surface area (Å²) in [6.07, 6.45) is 1.10. The van der Waals surface area contributed by atoms with Crippen LogP contribution in [0.1, 0.15) is 34.1 Å². The van der Waals surface area contributed by atoms with Gasteiger partial charge in [0.2, 0.25) is 0 Å². The molecule has 0 spiro atoms. The predicted molar refractivity (Wildman–Crippen MR) is 84.0 cm³/mol. The SMILES string of the molecule is CC1(C)OB(c2cc(F)cc(OC[C@@H]3CCN3)c2)OC1(C)C.